The Morgan fingerprint density at radius 1 is 1.20 bits per heavy atom. The minimum absolute atomic E-state index is 0.879. The van der Waals surface area contributed by atoms with Crippen LogP contribution in [0, 0.1) is 0 Å². The van der Waals surface area contributed by atoms with Gasteiger partial charge in [0.25, 0.3) is 0 Å². The summed E-state index contributed by atoms with van der Waals surface area (Å²) in [6.07, 6.45) is 3.49. The molecule has 1 aromatic heterocycles. The largest absolute Gasteiger partial charge is 0.497 e. The molecule has 1 heterocycles. The van der Waals surface area contributed by atoms with E-state index in [0.29, 0.717) is 0 Å². The average molecular weight is 290 g/mol. The van der Waals surface area contributed by atoms with Crippen molar-refractivity contribution in [2.45, 2.75) is 26.2 Å². The molecule has 20 heavy (non-hydrogen) atoms. The molecule has 1 aromatic carbocycles. The van der Waals surface area contributed by atoms with Gasteiger partial charge in [0.2, 0.25) is 0 Å². The molecule has 0 atom stereocenters. The van der Waals surface area contributed by atoms with E-state index in [4.69, 9.17) is 9.72 Å². The minimum atomic E-state index is 0.879. The fourth-order valence-corrected chi connectivity index (χ4v) is 2.75. The molecule has 2 rings (SSSR count). The third-order valence-electron chi connectivity index (χ3n) is 3.16. The van der Waals surface area contributed by atoms with E-state index in [1.165, 1.54) is 17.8 Å². The number of unbranched alkanes of at least 4 members (excludes halogenated alkanes) is 1. The Balaban J connectivity index is 1.87. The van der Waals surface area contributed by atoms with Gasteiger partial charge >= 0.3 is 0 Å². The molecule has 0 unspecified atom stereocenters. The molecule has 0 fully saturated rings. The molecule has 0 bridgehead atoms. The van der Waals surface area contributed by atoms with Crippen LogP contribution in [0.4, 0.5) is 0 Å². The molecule has 0 aliphatic rings. The predicted molar refractivity (Wildman–Crippen MR) is 85.6 cm³/mol. The number of hydrogen-bond donors (Lipinski definition) is 1. The fourth-order valence-electron chi connectivity index (χ4n) is 1.94. The maximum absolute atomic E-state index is 5.17. The molecule has 2 aromatic rings. The first-order valence-electron chi connectivity index (χ1n) is 7.13. The average Bonchev–Trinajstić information content (AvgIpc) is 2.96. The van der Waals surface area contributed by atoms with Gasteiger partial charge < -0.3 is 10.1 Å². The highest BCUT2D eigenvalue weighted by molar-refractivity contribution is 7.09. The summed E-state index contributed by atoms with van der Waals surface area (Å²) in [5.41, 5.74) is 2.20. The van der Waals surface area contributed by atoms with Crippen LogP contribution in [0.5, 0.6) is 5.75 Å². The Morgan fingerprint density at radius 3 is 2.70 bits per heavy atom. The standard InChI is InChI=1S/C16H22N2OS/c1-3-4-10-17-11-9-16-18-15(12-20-16)13-5-7-14(19-2)8-6-13/h5-8,12,17H,3-4,9-11H2,1-2H3. The Bertz CT molecular complexity index is 507. The van der Waals surface area contributed by atoms with Gasteiger partial charge in [-0.25, -0.2) is 4.98 Å². The van der Waals surface area contributed by atoms with E-state index in [2.05, 4.69) is 29.8 Å². The smallest absolute Gasteiger partial charge is 0.118 e. The Labute approximate surface area is 125 Å². The van der Waals surface area contributed by atoms with Gasteiger partial charge in [-0.2, -0.15) is 0 Å². The van der Waals surface area contributed by atoms with Crippen LogP contribution in [-0.4, -0.2) is 25.2 Å². The summed E-state index contributed by atoms with van der Waals surface area (Å²) in [7, 11) is 1.68. The number of benzene rings is 1. The van der Waals surface area contributed by atoms with Gasteiger partial charge in [0.05, 0.1) is 17.8 Å². The first-order chi connectivity index (χ1) is 9.83. The molecule has 3 nitrogen and oxygen atoms in total. The molecule has 0 aliphatic carbocycles. The summed E-state index contributed by atoms with van der Waals surface area (Å²) in [6, 6.07) is 8.05. The van der Waals surface area contributed by atoms with Gasteiger partial charge in [-0.3, -0.25) is 0 Å². The van der Waals surface area contributed by atoms with Crippen LogP contribution in [0.2, 0.25) is 0 Å². The molecular weight excluding hydrogens is 268 g/mol. The third-order valence-corrected chi connectivity index (χ3v) is 4.07. The summed E-state index contributed by atoms with van der Waals surface area (Å²) in [5.74, 6) is 0.879. The van der Waals surface area contributed by atoms with Crippen LogP contribution in [0.25, 0.3) is 11.3 Å². The van der Waals surface area contributed by atoms with E-state index in [1.54, 1.807) is 18.4 Å². The van der Waals surface area contributed by atoms with E-state index in [9.17, 15) is 0 Å². The number of ether oxygens (including phenoxy) is 1. The van der Waals surface area contributed by atoms with Crippen molar-refractivity contribution in [2.75, 3.05) is 20.2 Å². The van der Waals surface area contributed by atoms with Gasteiger partial charge in [0.15, 0.2) is 0 Å². The van der Waals surface area contributed by atoms with Crippen molar-refractivity contribution >= 4 is 11.3 Å². The van der Waals surface area contributed by atoms with E-state index in [1.807, 2.05) is 12.1 Å². The summed E-state index contributed by atoms with van der Waals surface area (Å²) < 4.78 is 5.17. The van der Waals surface area contributed by atoms with E-state index in [0.717, 1.165) is 36.5 Å². The van der Waals surface area contributed by atoms with Gasteiger partial charge in [0, 0.05) is 23.9 Å². The van der Waals surface area contributed by atoms with Crippen LogP contribution in [0.15, 0.2) is 29.6 Å². The van der Waals surface area contributed by atoms with Crippen LogP contribution in [0.1, 0.15) is 24.8 Å². The third kappa shape index (κ3) is 4.32. The lowest BCUT2D eigenvalue weighted by molar-refractivity contribution is 0.415. The van der Waals surface area contributed by atoms with Crippen LogP contribution in [-0.2, 0) is 6.42 Å². The van der Waals surface area contributed by atoms with Crippen molar-refractivity contribution in [1.29, 1.82) is 0 Å². The summed E-state index contributed by atoms with van der Waals surface area (Å²) >= 11 is 1.74. The lowest BCUT2D eigenvalue weighted by atomic mass is 10.2. The van der Waals surface area contributed by atoms with Crippen molar-refractivity contribution in [1.82, 2.24) is 10.3 Å². The summed E-state index contributed by atoms with van der Waals surface area (Å²) in [5, 5.41) is 6.77. The molecule has 1 N–H and O–H groups in total. The second-order valence-electron chi connectivity index (χ2n) is 4.71. The van der Waals surface area contributed by atoms with Gasteiger partial charge in [-0.1, -0.05) is 13.3 Å². The number of hydrogen-bond acceptors (Lipinski definition) is 4. The Hall–Kier alpha value is -1.39. The highest BCUT2D eigenvalue weighted by atomic mass is 32.1. The molecular formula is C16H22N2OS. The number of thiazole rings is 1. The SMILES string of the molecule is CCCCNCCc1nc(-c2ccc(OC)cc2)cs1. The van der Waals surface area contributed by atoms with Gasteiger partial charge in [0.1, 0.15) is 5.75 Å². The maximum atomic E-state index is 5.17. The molecule has 0 radical (unpaired) electrons. The maximum Gasteiger partial charge on any atom is 0.118 e. The van der Waals surface area contributed by atoms with Crippen molar-refractivity contribution < 1.29 is 4.74 Å². The normalized spacial score (nSPS) is 10.7. The molecule has 0 aliphatic heterocycles. The quantitative estimate of drug-likeness (QED) is 0.752. The second kappa shape index (κ2) is 8.02. The van der Waals surface area contributed by atoms with Gasteiger partial charge in [-0.05, 0) is 37.2 Å². The first-order valence-corrected chi connectivity index (χ1v) is 8.01. The molecule has 4 heteroatoms. The number of nitrogens with one attached hydrogen (secondary N) is 1. The summed E-state index contributed by atoms with van der Waals surface area (Å²) in [4.78, 5) is 4.69. The van der Waals surface area contributed by atoms with Crippen molar-refractivity contribution in [3.8, 4) is 17.0 Å². The topological polar surface area (TPSA) is 34.2 Å². The predicted octanol–water partition coefficient (Wildman–Crippen LogP) is 3.75. The molecule has 0 saturated carbocycles. The van der Waals surface area contributed by atoms with Crippen molar-refractivity contribution in [2.24, 2.45) is 0 Å². The zero-order valence-corrected chi connectivity index (χ0v) is 13.0. The molecule has 108 valence electrons. The van der Waals surface area contributed by atoms with E-state index < -0.39 is 0 Å². The van der Waals surface area contributed by atoms with E-state index in [-0.39, 0.29) is 0 Å². The van der Waals surface area contributed by atoms with Crippen molar-refractivity contribution in [3.63, 3.8) is 0 Å². The number of methoxy groups -OCH3 is 1. The summed E-state index contributed by atoms with van der Waals surface area (Å²) in [6.45, 7) is 4.33. The first kappa shape index (κ1) is 15.0. The second-order valence-corrected chi connectivity index (χ2v) is 5.65. The van der Waals surface area contributed by atoms with Crippen molar-refractivity contribution in [3.05, 3.63) is 34.7 Å². The number of nitrogens with zero attached hydrogens (tertiary/aromatic N) is 1. The van der Waals surface area contributed by atoms with Gasteiger partial charge in [-0.15, -0.1) is 11.3 Å². The lowest BCUT2D eigenvalue weighted by Gasteiger charge is -2.01. The number of rotatable bonds is 8. The Morgan fingerprint density at radius 2 is 2.00 bits per heavy atom. The zero-order chi connectivity index (χ0) is 14.2. The molecule has 0 amide bonds. The minimum Gasteiger partial charge on any atom is -0.497 e. The van der Waals surface area contributed by atoms with Crippen LogP contribution < -0.4 is 10.1 Å². The monoisotopic (exact) mass is 290 g/mol. The highest BCUT2D eigenvalue weighted by Gasteiger charge is 2.04. The molecule has 0 saturated heterocycles. The van der Waals surface area contributed by atoms with E-state index >= 15 is 0 Å². The number of aromatic nitrogens is 1. The molecule has 0 spiro atoms. The van der Waals surface area contributed by atoms with Crippen LogP contribution in [0.3, 0.4) is 0 Å². The fraction of sp³-hybridized carbons (Fsp3) is 0.438. The Kier molecular flexibility index (Phi) is 6.02. The lowest BCUT2D eigenvalue weighted by Crippen LogP contribution is -2.18. The van der Waals surface area contributed by atoms with Crippen LogP contribution >= 0.6 is 11.3 Å². The zero-order valence-electron chi connectivity index (χ0n) is 12.2. The highest BCUT2D eigenvalue weighted by Crippen LogP contribution is 2.24.